The van der Waals surface area contributed by atoms with Crippen LogP contribution in [0.15, 0.2) is 52.9 Å². The lowest BCUT2D eigenvalue weighted by atomic mass is 10.1. The van der Waals surface area contributed by atoms with E-state index in [9.17, 15) is 0 Å². The van der Waals surface area contributed by atoms with Gasteiger partial charge in [-0.3, -0.25) is 0 Å². The van der Waals surface area contributed by atoms with Gasteiger partial charge < -0.3 is 4.42 Å². The molecule has 2 nitrogen and oxygen atoms in total. The molecule has 0 amide bonds. The number of rotatable bonds is 0. The summed E-state index contributed by atoms with van der Waals surface area (Å²) in [6, 6.07) is 15.7. The summed E-state index contributed by atoms with van der Waals surface area (Å²) >= 11 is 6.21. The van der Waals surface area contributed by atoms with Crippen LogP contribution in [0.4, 0.5) is 0 Å². The molecule has 0 saturated carbocycles. The van der Waals surface area contributed by atoms with Crippen molar-refractivity contribution in [3.05, 3.63) is 53.6 Å². The molecular weight excluding hydrogens is 246 g/mol. The molecule has 0 fully saturated rings. The minimum absolute atomic E-state index is 0.658. The Morgan fingerprint density at radius 3 is 2.72 bits per heavy atom. The number of fused-ring (bicyclic) bond motifs is 4. The number of hydrogen-bond donors (Lipinski definition) is 0. The van der Waals surface area contributed by atoms with Crippen molar-refractivity contribution in [2.24, 2.45) is 0 Å². The molecule has 2 aromatic heterocycles. The monoisotopic (exact) mass is 253 g/mol. The van der Waals surface area contributed by atoms with E-state index in [2.05, 4.69) is 4.98 Å². The number of nitrogens with zero attached hydrogens (tertiary/aromatic N) is 1. The van der Waals surface area contributed by atoms with Crippen LogP contribution in [0.25, 0.3) is 33.0 Å². The van der Waals surface area contributed by atoms with Crippen LogP contribution < -0.4 is 0 Å². The highest BCUT2D eigenvalue weighted by atomic mass is 35.5. The number of para-hydroxylation sites is 1. The van der Waals surface area contributed by atoms with E-state index >= 15 is 0 Å². The van der Waals surface area contributed by atoms with E-state index in [1.165, 1.54) is 0 Å². The Morgan fingerprint density at radius 1 is 0.889 bits per heavy atom. The Kier molecular flexibility index (Phi) is 1.91. The average molecular weight is 254 g/mol. The van der Waals surface area contributed by atoms with Crippen LogP contribution >= 0.6 is 11.6 Å². The maximum atomic E-state index is 6.21. The van der Waals surface area contributed by atoms with Crippen LogP contribution in [0.1, 0.15) is 0 Å². The fourth-order valence-corrected chi connectivity index (χ4v) is 2.52. The molecule has 0 saturated heterocycles. The minimum atomic E-state index is 0.658. The normalized spacial score (nSPS) is 11.6. The molecule has 0 spiro atoms. The molecule has 0 aliphatic carbocycles. The van der Waals surface area contributed by atoms with E-state index in [1.54, 1.807) is 0 Å². The van der Waals surface area contributed by atoms with Gasteiger partial charge in [-0.05, 0) is 24.3 Å². The van der Waals surface area contributed by atoms with Crippen LogP contribution in [-0.2, 0) is 0 Å². The summed E-state index contributed by atoms with van der Waals surface area (Å²) < 4.78 is 5.75. The minimum Gasteiger partial charge on any atom is -0.438 e. The fourth-order valence-electron chi connectivity index (χ4n) is 2.29. The molecule has 0 radical (unpaired) electrons. The van der Waals surface area contributed by atoms with Gasteiger partial charge in [0.25, 0.3) is 0 Å². The molecule has 0 unspecified atom stereocenters. The highest BCUT2D eigenvalue weighted by Gasteiger charge is 2.10. The Bertz CT molecular complexity index is 895. The zero-order valence-electron chi connectivity index (χ0n) is 9.35. The van der Waals surface area contributed by atoms with Gasteiger partial charge in [-0.15, -0.1) is 0 Å². The Hall–Kier alpha value is -2.06. The Balaban J connectivity index is 2.28. The first kappa shape index (κ1) is 9.92. The maximum Gasteiger partial charge on any atom is 0.227 e. The molecule has 0 N–H and O–H groups in total. The zero-order chi connectivity index (χ0) is 12.1. The number of pyridine rings is 1. The lowest BCUT2D eigenvalue weighted by Crippen LogP contribution is -1.79. The second-order valence-electron chi connectivity index (χ2n) is 4.25. The SMILES string of the molecule is Clc1cccc2nc3oc4ccccc4c3cc12. The molecule has 18 heavy (non-hydrogen) atoms. The lowest BCUT2D eigenvalue weighted by Gasteiger charge is -1.98. The van der Waals surface area contributed by atoms with E-state index in [0.29, 0.717) is 10.7 Å². The summed E-state index contributed by atoms with van der Waals surface area (Å²) in [5.41, 5.74) is 2.37. The summed E-state index contributed by atoms with van der Waals surface area (Å²) in [7, 11) is 0. The smallest absolute Gasteiger partial charge is 0.227 e. The molecule has 2 aromatic carbocycles. The van der Waals surface area contributed by atoms with Gasteiger partial charge in [-0.1, -0.05) is 35.9 Å². The van der Waals surface area contributed by atoms with Crippen molar-refractivity contribution in [2.45, 2.75) is 0 Å². The fraction of sp³-hybridized carbons (Fsp3) is 0. The Morgan fingerprint density at radius 2 is 1.78 bits per heavy atom. The summed E-state index contributed by atoms with van der Waals surface area (Å²) in [5.74, 6) is 0. The highest BCUT2D eigenvalue weighted by Crippen LogP contribution is 2.32. The topological polar surface area (TPSA) is 26.0 Å². The summed E-state index contributed by atoms with van der Waals surface area (Å²) in [4.78, 5) is 4.52. The van der Waals surface area contributed by atoms with Gasteiger partial charge in [-0.2, -0.15) is 0 Å². The van der Waals surface area contributed by atoms with Crippen molar-refractivity contribution < 1.29 is 4.42 Å². The van der Waals surface area contributed by atoms with Crippen LogP contribution in [-0.4, -0.2) is 4.98 Å². The maximum absolute atomic E-state index is 6.21. The average Bonchev–Trinajstić information content (AvgIpc) is 2.75. The third-order valence-electron chi connectivity index (χ3n) is 3.15. The van der Waals surface area contributed by atoms with E-state index in [1.807, 2.05) is 48.5 Å². The molecule has 0 aliphatic heterocycles. The van der Waals surface area contributed by atoms with Crippen molar-refractivity contribution in [2.75, 3.05) is 0 Å². The van der Waals surface area contributed by atoms with Crippen LogP contribution in [0.5, 0.6) is 0 Å². The number of hydrogen-bond acceptors (Lipinski definition) is 2. The van der Waals surface area contributed by atoms with Gasteiger partial charge in [0.1, 0.15) is 5.58 Å². The molecule has 2 heterocycles. The van der Waals surface area contributed by atoms with Crippen LogP contribution in [0.3, 0.4) is 0 Å². The first-order chi connectivity index (χ1) is 8.83. The first-order valence-corrected chi connectivity index (χ1v) is 6.07. The van der Waals surface area contributed by atoms with Crippen LogP contribution in [0.2, 0.25) is 5.02 Å². The lowest BCUT2D eigenvalue weighted by molar-refractivity contribution is 0.656. The zero-order valence-corrected chi connectivity index (χ0v) is 10.1. The van der Waals surface area contributed by atoms with Gasteiger partial charge in [-0.25, -0.2) is 4.98 Å². The first-order valence-electron chi connectivity index (χ1n) is 5.69. The van der Waals surface area contributed by atoms with Crippen molar-refractivity contribution >= 4 is 44.6 Å². The standard InChI is InChI=1S/C15H8ClNO/c16-12-5-3-6-13-11(12)8-10-9-4-1-2-7-14(9)18-15(10)17-13/h1-8H. The second kappa shape index (κ2) is 3.47. The van der Waals surface area contributed by atoms with E-state index in [4.69, 9.17) is 16.0 Å². The molecule has 0 bridgehead atoms. The summed E-state index contributed by atoms with van der Waals surface area (Å²) in [5, 5.41) is 3.75. The Labute approximate surface area is 108 Å². The highest BCUT2D eigenvalue weighted by molar-refractivity contribution is 6.35. The quantitative estimate of drug-likeness (QED) is 0.450. The molecule has 86 valence electrons. The predicted octanol–water partition coefficient (Wildman–Crippen LogP) is 4.79. The second-order valence-corrected chi connectivity index (χ2v) is 4.65. The number of furan rings is 1. The number of halogens is 1. The van der Waals surface area contributed by atoms with Crippen molar-refractivity contribution in [3.8, 4) is 0 Å². The predicted molar refractivity (Wildman–Crippen MR) is 74.0 cm³/mol. The van der Waals surface area contributed by atoms with Gasteiger partial charge >= 0.3 is 0 Å². The van der Waals surface area contributed by atoms with Gasteiger partial charge in [0, 0.05) is 21.2 Å². The molecular formula is C15H8ClNO. The molecule has 0 aliphatic rings. The third-order valence-corrected chi connectivity index (χ3v) is 3.48. The molecule has 4 rings (SSSR count). The van der Waals surface area contributed by atoms with Gasteiger partial charge in [0.15, 0.2) is 0 Å². The summed E-state index contributed by atoms with van der Waals surface area (Å²) in [6.45, 7) is 0. The van der Waals surface area contributed by atoms with Crippen molar-refractivity contribution in [1.29, 1.82) is 0 Å². The molecule has 3 heteroatoms. The van der Waals surface area contributed by atoms with Gasteiger partial charge in [0.2, 0.25) is 5.71 Å². The van der Waals surface area contributed by atoms with E-state index in [0.717, 1.165) is 27.3 Å². The van der Waals surface area contributed by atoms with Crippen LogP contribution in [0, 0.1) is 0 Å². The summed E-state index contributed by atoms with van der Waals surface area (Å²) in [6.07, 6.45) is 0. The van der Waals surface area contributed by atoms with E-state index < -0.39 is 0 Å². The van der Waals surface area contributed by atoms with Crippen molar-refractivity contribution in [1.82, 2.24) is 4.98 Å². The largest absolute Gasteiger partial charge is 0.438 e. The molecule has 0 atom stereocenters. The van der Waals surface area contributed by atoms with Crippen molar-refractivity contribution in [3.63, 3.8) is 0 Å². The molecule has 4 aromatic rings. The number of aromatic nitrogens is 1. The van der Waals surface area contributed by atoms with E-state index in [-0.39, 0.29) is 0 Å². The number of benzene rings is 2. The third kappa shape index (κ3) is 1.27. The van der Waals surface area contributed by atoms with Gasteiger partial charge in [0.05, 0.1) is 5.52 Å².